The van der Waals surface area contributed by atoms with Crippen LogP contribution in [0.3, 0.4) is 0 Å². The maximum Gasteiger partial charge on any atom is 0.376 e. The third-order valence-corrected chi connectivity index (χ3v) is 4.09. The van der Waals surface area contributed by atoms with E-state index < -0.39 is 11.8 Å². The molecule has 6 nitrogen and oxygen atoms in total. The van der Waals surface area contributed by atoms with Gasteiger partial charge in [-0.1, -0.05) is 13.0 Å². The minimum atomic E-state index is -0.699. The molecule has 0 aliphatic heterocycles. The lowest BCUT2D eigenvalue weighted by molar-refractivity contribution is 0.0512. The molecule has 0 saturated heterocycles. The summed E-state index contributed by atoms with van der Waals surface area (Å²) in [5.41, 5.74) is 14.6. The molecule has 2 aromatic carbocycles. The first-order valence-corrected chi connectivity index (χ1v) is 8.27. The monoisotopic (exact) mass is 354 g/mol. The van der Waals surface area contributed by atoms with Crippen LogP contribution in [-0.2, 0) is 11.2 Å². The Hall–Kier alpha value is -3.22. The van der Waals surface area contributed by atoms with Crippen LogP contribution < -0.4 is 11.5 Å². The van der Waals surface area contributed by atoms with E-state index in [-0.39, 0.29) is 29.2 Å². The fraction of sp³-hybridized carbons (Fsp3) is 0.211. The number of anilines is 2. The van der Waals surface area contributed by atoms with Gasteiger partial charge in [0.15, 0.2) is 0 Å². The number of ether oxygens (including phenoxy) is 1. The Kier molecular flexibility index (Phi) is 4.71. The topological polar surface area (TPSA) is 104 Å². The van der Waals surface area contributed by atoms with Gasteiger partial charge in [0.1, 0.15) is 11.6 Å². The molecule has 0 fully saturated rings. The summed E-state index contributed by atoms with van der Waals surface area (Å²) < 4.78 is 20.1. The van der Waals surface area contributed by atoms with Gasteiger partial charge in [0, 0.05) is 11.3 Å². The number of nitrogens with two attached hydrogens (primary N) is 2. The quantitative estimate of drug-likeness (QED) is 0.550. The molecular formula is C19H19FN4O2. The molecule has 0 radical (unpaired) electrons. The molecule has 0 amide bonds. The van der Waals surface area contributed by atoms with Crippen molar-refractivity contribution >= 4 is 28.4 Å². The average Bonchev–Trinajstić information content (AvgIpc) is 2.61. The fourth-order valence-electron chi connectivity index (χ4n) is 2.86. The Balaban J connectivity index is 2.21. The normalized spacial score (nSPS) is 10.9. The van der Waals surface area contributed by atoms with Crippen LogP contribution in [0.5, 0.6) is 0 Å². The molecule has 134 valence electrons. The number of carbonyl (C=O) groups is 1. The number of carbonyl (C=O) groups excluding carboxylic acids is 1. The minimum Gasteiger partial charge on any atom is -0.460 e. The van der Waals surface area contributed by atoms with Gasteiger partial charge in [-0.25, -0.2) is 19.2 Å². The standard InChI is InChI=1S/C19H19FN4O2/c1-3-10-5-6-11(21)9-13(10)12-7-8-14-15(16(12)20)17(22)24-18(23-14)19(25)26-4-2/h5-9H,3-4,21H2,1-2H3,(H2,22,23,24). The summed E-state index contributed by atoms with van der Waals surface area (Å²) in [6.45, 7) is 3.84. The van der Waals surface area contributed by atoms with Crippen LogP contribution >= 0.6 is 0 Å². The number of fused-ring (bicyclic) bond motifs is 1. The zero-order valence-corrected chi connectivity index (χ0v) is 14.5. The fourth-order valence-corrected chi connectivity index (χ4v) is 2.86. The van der Waals surface area contributed by atoms with Crippen molar-refractivity contribution in [3.63, 3.8) is 0 Å². The maximum absolute atomic E-state index is 15.2. The van der Waals surface area contributed by atoms with E-state index in [4.69, 9.17) is 16.2 Å². The van der Waals surface area contributed by atoms with Crippen LogP contribution in [0.25, 0.3) is 22.0 Å². The first-order valence-electron chi connectivity index (χ1n) is 8.27. The molecule has 0 saturated carbocycles. The molecule has 1 aromatic heterocycles. The van der Waals surface area contributed by atoms with Crippen LogP contribution in [0, 0.1) is 5.82 Å². The van der Waals surface area contributed by atoms with Crippen molar-refractivity contribution in [1.82, 2.24) is 9.97 Å². The van der Waals surface area contributed by atoms with Crippen LogP contribution in [0.15, 0.2) is 30.3 Å². The molecule has 1 heterocycles. The Morgan fingerprint density at radius 2 is 1.88 bits per heavy atom. The van der Waals surface area contributed by atoms with Crippen LogP contribution in [0.4, 0.5) is 15.9 Å². The van der Waals surface area contributed by atoms with E-state index in [0.717, 1.165) is 12.0 Å². The van der Waals surface area contributed by atoms with Gasteiger partial charge < -0.3 is 16.2 Å². The highest BCUT2D eigenvalue weighted by molar-refractivity contribution is 5.96. The lowest BCUT2D eigenvalue weighted by atomic mass is 9.95. The van der Waals surface area contributed by atoms with Gasteiger partial charge in [-0.15, -0.1) is 0 Å². The smallest absolute Gasteiger partial charge is 0.376 e. The van der Waals surface area contributed by atoms with Crippen molar-refractivity contribution in [1.29, 1.82) is 0 Å². The molecule has 0 aliphatic rings. The number of nitrogen functional groups attached to an aromatic ring is 2. The first kappa shape index (κ1) is 17.6. The second-order valence-corrected chi connectivity index (χ2v) is 5.74. The number of nitrogens with zero attached hydrogens (tertiary/aromatic N) is 2. The lowest BCUT2D eigenvalue weighted by Gasteiger charge is -2.13. The molecule has 0 bridgehead atoms. The number of halogens is 1. The number of esters is 1. The summed E-state index contributed by atoms with van der Waals surface area (Å²) in [6, 6.07) is 8.60. The molecular weight excluding hydrogens is 335 g/mol. The molecule has 3 rings (SSSR count). The zero-order chi connectivity index (χ0) is 18.8. The summed E-state index contributed by atoms with van der Waals surface area (Å²) in [5.74, 6) is -1.55. The van der Waals surface area contributed by atoms with Gasteiger partial charge in [0.2, 0.25) is 5.82 Å². The first-order chi connectivity index (χ1) is 12.5. The van der Waals surface area contributed by atoms with E-state index in [1.165, 1.54) is 0 Å². The van der Waals surface area contributed by atoms with Crippen molar-refractivity contribution < 1.29 is 13.9 Å². The molecule has 7 heteroatoms. The Morgan fingerprint density at radius 3 is 2.58 bits per heavy atom. The summed E-state index contributed by atoms with van der Waals surface area (Å²) in [6.07, 6.45) is 0.723. The van der Waals surface area contributed by atoms with Crippen molar-refractivity contribution in [2.24, 2.45) is 0 Å². The Morgan fingerprint density at radius 1 is 1.12 bits per heavy atom. The third kappa shape index (κ3) is 3.03. The number of hydrogen-bond donors (Lipinski definition) is 2. The van der Waals surface area contributed by atoms with Crippen molar-refractivity contribution in [3.05, 3.63) is 47.5 Å². The zero-order valence-electron chi connectivity index (χ0n) is 14.5. The van der Waals surface area contributed by atoms with Crippen LogP contribution in [0.1, 0.15) is 30.0 Å². The highest BCUT2D eigenvalue weighted by Crippen LogP contribution is 2.34. The Labute approximate surface area is 150 Å². The van der Waals surface area contributed by atoms with Gasteiger partial charge >= 0.3 is 5.97 Å². The number of aryl methyl sites for hydroxylation is 1. The van der Waals surface area contributed by atoms with E-state index in [2.05, 4.69) is 9.97 Å². The SMILES string of the molecule is CCOC(=O)c1nc(N)c2c(F)c(-c3cc(N)ccc3CC)ccc2n1. The van der Waals surface area contributed by atoms with Crippen molar-refractivity contribution in [2.75, 3.05) is 18.1 Å². The van der Waals surface area contributed by atoms with Gasteiger partial charge in [-0.2, -0.15) is 0 Å². The van der Waals surface area contributed by atoms with Gasteiger partial charge in [0.05, 0.1) is 17.5 Å². The van der Waals surface area contributed by atoms with Crippen molar-refractivity contribution in [2.45, 2.75) is 20.3 Å². The predicted octanol–water partition coefficient (Wildman–Crippen LogP) is 3.34. The Bertz CT molecular complexity index is 1000. The predicted molar refractivity (Wildman–Crippen MR) is 99.1 cm³/mol. The largest absolute Gasteiger partial charge is 0.460 e. The van der Waals surface area contributed by atoms with Gasteiger partial charge in [0.25, 0.3) is 0 Å². The van der Waals surface area contributed by atoms with Crippen molar-refractivity contribution in [3.8, 4) is 11.1 Å². The number of benzene rings is 2. The molecule has 0 atom stereocenters. The molecule has 0 aliphatic carbocycles. The van der Waals surface area contributed by atoms with E-state index in [9.17, 15) is 4.79 Å². The highest BCUT2D eigenvalue weighted by atomic mass is 19.1. The maximum atomic E-state index is 15.2. The van der Waals surface area contributed by atoms with Gasteiger partial charge in [-0.05, 0) is 48.7 Å². The summed E-state index contributed by atoms with van der Waals surface area (Å²) in [4.78, 5) is 19.8. The molecule has 4 N–H and O–H groups in total. The average molecular weight is 354 g/mol. The van der Waals surface area contributed by atoms with Gasteiger partial charge in [-0.3, -0.25) is 0 Å². The second-order valence-electron chi connectivity index (χ2n) is 5.74. The highest BCUT2D eigenvalue weighted by Gasteiger charge is 2.19. The van der Waals surface area contributed by atoms with Crippen LogP contribution in [0.2, 0.25) is 0 Å². The van der Waals surface area contributed by atoms with E-state index in [0.29, 0.717) is 16.8 Å². The molecule has 0 unspecified atom stereocenters. The van der Waals surface area contributed by atoms with E-state index in [1.54, 1.807) is 31.2 Å². The number of aromatic nitrogens is 2. The van der Waals surface area contributed by atoms with Crippen LogP contribution in [-0.4, -0.2) is 22.5 Å². The number of hydrogen-bond acceptors (Lipinski definition) is 6. The summed E-state index contributed by atoms with van der Waals surface area (Å²) in [7, 11) is 0. The minimum absolute atomic E-state index is 0.0695. The number of rotatable bonds is 4. The summed E-state index contributed by atoms with van der Waals surface area (Å²) >= 11 is 0. The molecule has 3 aromatic rings. The molecule has 0 spiro atoms. The van der Waals surface area contributed by atoms with E-state index >= 15 is 4.39 Å². The molecule has 26 heavy (non-hydrogen) atoms. The second kappa shape index (κ2) is 6.95. The van der Waals surface area contributed by atoms with E-state index in [1.807, 2.05) is 13.0 Å². The lowest BCUT2D eigenvalue weighted by Crippen LogP contribution is -2.12. The third-order valence-electron chi connectivity index (χ3n) is 4.09. The summed E-state index contributed by atoms with van der Waals surface area (Å²) in [5, 5.41) is 0.0695.